The van der Waals surface area contributed by atoms with Crippen molar-refractivity contribution in [2.45, 2.75) is 0 Å². The Labute approximate surface area is 149 Å². The third-order valence-corrected chi connectivity index (χ3v) is 3.85. The Morgan fingerprint density at radius 2 is 2.00 bits per heavy atom. The van der Waals surface area contributed by atoms with Crippen LogP contribution in [0.3, 0.4) is 0 Å². The topological polar surface area (TPSA) is 88.6 Å². The van der Waals surface area contributed by atoms with Crippen LogP contribution in [0.15, 0.2) is 54.7 Å². The largest absolute Gasteiger partial charge is 0.504 e. The van der Waals surface area contributed by atoms with Gasteiger partial charge in [-0.3, -0.25) is 4.79 Å². The number of esters is 1. The van der Waals surface area contributed by atoms with Gasteiger partial charge in [0.25, 0.3) is 0 Å². The first kappa shape index (κ1) is 17.3. The smallest absolute Gasteiger partial charge is 0.331 e. The maximum Gasteiger partial charge on any atom is 0.331 e. The standard InChI is InChI=1S/C20H17NO5/c1-25-19-10-13(6-8-17(19)22)7-9-20(24)26-12-18(23)15-11-21-16-5-3-2-4-14(15)16/h2-11,21-22H,12H2,1H3/b9-7-. The van der Waals surface area contributed by atoms with E-state index in [2.05, 4.69) is 4.98 Å². The summed E-state index contributed by atoms with van der Waals surface area (Å²) in [5, 5.41) is 10.3. The fraction of sp³-hybridized carbons (Fsp3) is 0.100. The van der Waals surface area contributed by atoms with E-state index in [9.17, 15) is 14.7 Å². The van der Waals surface area contributed by atoms with Crippen LogP contribution in [0.4, 0.5) is 0 Å². The molecular formula is C20H17NO5. The van der Waals surface area contributed by atoms with Crippen molar-refractivity contribution in [3.05, 3.63) is 65.9 Å². The highest BCUT2D eigenvalue weighted by atomic mass is 16.5. The number of hydrogen-bond acceptors (Lipinski definition) is 5. The molecule has 6 heteroatoms. The number of ketones is 1. The number of fused-ring (bicyclic) bond motifs is 1. The second kappa shape index (κ2) is 7.57. The van der Waals surface area contributed by atoms with Gasteiger partial charge in [-0.05, 0) is 29.8 Å². The van der Waals surface area contributed by atoms with Crippen molar-refractivity contribution in [1.29, 1.82) is 0 Å². The highest BCUT2D eigenvalue weighted by Crippen LogP contribution is 2.26. The van der Waals surface area contributed by atoms with Gasteiger partial charge in [0.15, 0.2) is 18.1 Å². The summed E-state index contributed by atoms with van der Waals surface area (Å²) >= 11 is 0. The number of phenols is 1. The molecule has 132 valence electrons. The molecule has 1 heterocycles. The molecule has 2 N–H and O–H groups in total. The van der Waals surface area contributed by atoms with Crippen molar-refractivity contribution in [2.24, 2.45) is 0 Å². The molecule has 0 saturated carbocycles. The zero-order valence-corrected chi connectivity index (χ0v) is 14.1. The van der Waals surface area contributed by atoms with Crippen LogP contribution in [0.2, 0.25) is 0 Å². The van der Waals surface area contributed by atoms with Crippen molar-refractivity contribution in [1.82, 2.24) is 4.98 Å². The molecule has 0 aliphatic rings. The summed E-state index contributed by atoms with van der Waals surface area (Å²) in [6.07, 6.45) is 4.34. The SMILES string of the molecule is COc1cc(/C=C\C(=O)OCC(=O)c2c[nH]c3ccccc23)ccc1O. The van der Waals surface area contributed by atoms with E-state index in [1.54, 1.807) is 18.3 Å². The number of ether oxygens (including phenoxy) is 2. The van der Waals surface area contributed by atoms with E-state index in [1.807, 2.05) is 24.3 Å². The molecule has 0 fully saturated rings. The Kier molecular flexibility index (Phi) is 5.03. The first-order valence-electron chi connectivity index (χ1n) is 7.89. The number of aromatic hydroxyl groups is 1. The monoisotopic (exact) mass is 351 g/mol. The maximum atomic E-state index is 12.3. The highest BCUT2D eigenvalue weighted by molar-refractivity contribution is 6.09. The Hall–Kier alpha value is -3.54. The third kappa shape index (κ3) is 3.75. The van der Waals surface area contributed by atoms with Crippen molar-refractivity contribution in [2.75, 3.05) is 13.7 Å². The van der Waals surface area contributed by atoms with E-state index in [0.29, 0.717) is 16.9 Å². The Bertz CT molecular complexity index is 987. The molecule has 0 atom stereocenters. The predicted octanol–water partition coefficient (Wildman–Crippen LogP) is 3.32. The van der Waals surface area contributed by atoms with Crippen LogP contribution in [-0.4, -0.2) is 35.6 Å². The molecular weight excluding hydrogens is 334 g/mol. The number of Topliss-reactive ketones (excluding diaryl/α,β-unsaturated/α-hetero) is 1. The zero-order chi connectivity index (χ0) is 18.5. The number of para-hydroxylation sites is 1. The van der Waals surface area contributed by atoms with Gasteiger partial charge in [0.2, 0.25) is 5.78 Å². The normalized spacial score (nSPS) is 11.0. The van der Waals surface area contributed by atoms with E-state index in [-0.39, 0.29) is 18.1 Å². The maximum absolute atomic E-state index is 12.3. The Morgan fingerprint density at radius 1 is 1.19 bits per heavy atom. The van der Waals surface area contributed by atoms with Gasteiger partial charge in [-0.1, -0.05) is 24.3 Å². The van der Waals surface area contributed by atoms with Gasteiger partial charge < -0.3 is 19.6 Å². The number of rotatable bonds is 6. The van der Waals surface area contributed by atoms with Gasteiger partial charge in [-0.15, -0.1) is 0 Å². The lowest BCUT2D eigenvalue weighted by Crippen LogP contribution is -2.12. The zero-order valence-electron chi connectivity index (χ0n) is 14.1. The lowest BCUT2D eigenvalue weighted by molar-refractivity contribution is -0.136. The summed E-state index contributed by atoms with van der Waals surface area (Å²) in [5.74, 6) is -0.604. The minimum Gasteiger partial charge on any atom is -0.504 e. The lowest BCUT2D eigenvalue weighted by atomic mass is 10.1. The average Bonchev–Trinajstić information content (AvgIpc) is 3.09. The molecule has 6 nitrogen and oxygen atoms in total. The van der Waals surface area contributed by atoms with Crippen LogP contribution in [0.5, 0.6) is 11.5 Å². The van der Waals surface area contributed by atoms with Crippen molar-refractivity contribution in [3.63, 3.8) is 0 Å². The molecule has 3 rings (SSSR count). The Balaban J connectivity index is 1.61. The third-order valence-electron chi connectivity index (χ3n) is 3.85. The highest BCUT2D eigenvalue weighted by Gasteiger charge is 2.13. The lowest BCUT2D eigenvalue weighted by Gasteiger charge is -2.04. The first-order chi connectivity index (χ1) is 12.6. The minimum absolute atomic E-state index is 0.0107. The Morgan fingerprint density at radius 3 is 2.81 bits per heavy atom. The van der Waals surface area contributed by atoms with Gasteiger partial charge in [-0.25, -0.2) is 4.79 Å². The second-order valence-corrected chi connectivity index (χ2v) is 5.54. The molecule has 0 radical (unpaired) electrons. The quantitative estimate of drug-likeness (QED) is 0.404. The number of hydrogen-bond donors (Lipinski definition) is 2. The first-order valence-corrected chi connectivity index (χ1v) is 7.89. The number of H-pyrrole nitrogens is 1. The van der Waals surface area contributed by atoms with Gasteiger partial charge >= 0.3 is 5.97 Å². The number of carbonyl (C=O) groups is 2. The number of nitrogens with one attached hydrogen (secondary N) is 1. The van der Waals surface area contributed by atoms with E-state index in [4.69, 9.17) is 9.47 Å². The number of methoxy groups -OCH3 is 1. The summed E-state index contributed by atoms with van der Waals surface area (Å²) in [7, 11) is 1.44. The summed E-state index contributed by atoms with van der Waals surface area (Å²) < 4.78 is 10.0. The second-order valence-electron chi connectivity index (χ2n) is 5.54. The average molecular weight is 351 g/mol. The van der Waals surface area contributed by atoms with Crippen LogP contribution in [0.25, 0.3) is 17.0 Å². The molecule has 0 saturated heterocycles. The van der Waals surface area contributed by atoms with Crippen molar-refractivity contribution < 1.29 is 24.2 Å². The number of carbonyl (C=O) groups excluding carboxylic acids is 2. The summed E-state index contributed by atoms with van der Waals surface area (Å²) in [4.78, 5) is 27.1. The van der Waals surface area contributed by atoms with E-state index in [0.717, 1.165) is 10.9 Å². The van der Waals surface area contributed by atoms with Crippen LogP contribution in [-0.2, 0) is 9.53 Å². The molecule has 2 aromatic carbocycles. The van der Waals surface area contributed by atoms with Crippen LogP contribution < -0.4 is 4.74 Å². The van der Waals surface area contributed by atoms with Crippen LogP contribution >= 0.6 is 0 Å². The summed E-state index contributed by atoms with van der Waals surface area (Å²) in [6.45, 7) is -0.343. The summed E-state index contributed by atoms with van der Waals surface area (Å²) in [5.41, 5.74) is 1.99. The van der Waals surface area contributed by atoms with E-state index >= 15 is 0 Å². The minimum atomic E-state index is -0.634. The molecule has 0 spiro atoms. The van der Waals surface area contributed by atoms with Crippen molar-refractivity contribution in [3.8, 4) is 11.5 Å². The molecule has 0 aliphatic heterocycles. The van der Waals surface area contributed by atoms with Crippen molar-refractivity contribution >= 4 is 28.7 Å². The van der Waals surface area contributed by atoms with Gasteiger partial charge in [0.05, 0.1) is 7.11 Å². The molecule has 26 heavy (non-hydrogen) atoms. The fourth-order valence-corrected chi connectivity index (χ4v) is 2.53. The molecule has 0 amide bonds. The fourth-order valence-electron chi connectivity index (χ4n) is 2.53. The van der Waals surface area contributed by atoms with E-state index in [1.165, 1.54) is 25.3 Å². The number of aromatic amines is 1. The van der Waals surface area contributed by atoms with Crippen LogP contribution in [0, 0.1) is 0 Å². The summed E-state index contributed by atoms with van der Waals surface area (Å²) in [6, 6.07) is 12.1. The number of benzene rings is 2. The molecule has 0 bridgehead atoms. The predicted molar refractivity (Wildman–Crippen MR) is 97.3 cm³/mol. The number of aromatic nitrogens is 1. The molecule has 3 aromatic rings. The molecule has 0 aliphatic carbocycles. The van der Waals surface area contributed by atoms with Gasteiger partial charge in [0, 0.05) is 28.7 Å². The van der Waals surface area contributed by atoms with Crippen LogP contribution in [0.1, 0.15) is 15.9 Å². The number of phenolic OH excluding ortho intramolecular Hbond substituents is 1. The molecule has 1 aromatic heterocycles. The molecule has 0 unspecified atom stereocenters. The van der Waals surface area contributed by atoms with E-state index < -0.39 is 5.97 Å². The van der Waals surface area contributed by atoms with Gasteiger partial charge in [-0.2, -0.15) is 0 Å². The van der Waals surface area contributed by atoms with Gasteiger partial charge in [0.1, 0.15) is 0 Å².